The maximum atomic E-state index is 13.4. The standard InChI is InChI=1S/C32H30N8O5S2/c1-45-37-26(22-17-47-32(33)36-22)25(41)13-21-29(42)40-27(31(43)44)20(16-46-30(21)40)15-38-11-2-3-23-24(38)8-12-39(23)14-18-4-6-19(7-5-18)28-34-9-10-35-28/h2-8,11-12,17,21,30H,9-10,13-16H2,1H3,(H3-,33,34,35,36,43,44)/p+1/b37-26-/t21-,30-/m1/s1. The van der Waals surface area contributed by atoms with Crippen LogP contribution in [0.25, 0.3) is 11.0 Å². The Morgan fingerprint density at radius 3 is 2.77 bits per heavy atom. The van der Waals surface area contributed by atoms with E-state index in [2.05, 4.69) is 49.3 Å². The summed E-state index contributed by atoms with van der Waals surface area (Å²) in [5.41, 5.74) is 10.8. The van der Waals surface area contributed by atoms with Gasteiger partial charge in [0.25, 0.3) is 0 Å². The average Bonchev–Trinajstić information content (AvgIpc) is 3.85. The van der Waals surface area contributed by atoms with Crippen LogP contribution in [0.3, 0.4) is 0 Å². The van der Waals surface area contributed by atoms with E-state index in [1.54, 1.807) is 5.38 Å². The molecule has 0 aliphatic carbocycles. The highest BCUT2D eigenvalue weighted by Crippen LogP contribution is 2.45. The quantitative estimate of drug-likeness (QED) is 0.0938. The van der Waals surface area contributed by atoms with Crippen LogP contribution in [0.2, 0.25) is 0 Å². The van der Waals surface area contributed by atoms with Gasteiger partial charge >= 0.3 is 5.97 Å². The van der Waals surface area contributed by atoms with Crippen molar-refractivity contribution in [2.75, 3.05) is 31.7 Å². The molecule has 1 amide bonds. The molecule has 15 heteroatoms. The summed E-state index contributed by atoms with van der Waals surface area (Å²) in [5, 5.41) is 18.8. The van der Waals surface area contributed by atoms with Gasteiger partial charge in [-0.2, -0.15) is 4.57 Å². The summed E-state index contributed by atoms with van der Waals surface area (Å²) in [5.74, 6) is -1.36. The van der Waals surface area contributed by atoms with E-state index >= 15 is 0 Å². The number of nitrogens with one attached hydrogen (secondary N) is 1. The molecule has 1 aromatic carbocycles. The van der Waals surface area contributed by atoms with Crippen molar-refractivity contribution in [3.8, 4) is 0 Å². The summed E-state index contributed by atoms with van der Waals surface area (Å²) in [7, 11) is 1.32. The van der Waals surface area contributed by atoms with Gasteiger partial charge in [-0.15, -0.1) is 23.1 Å². The molecule has 0 saturated carbocycles. The van der Waals surface area contributed by atoms with E-state index in [4.69, 9.17) is 10.6 Å². The summed E-state index contributed by atoms with van der Waals surface area (Å²) >= 11 is 2.62. The molecule has 47 heavy (non-hydrogen) atoms. The van der Waals surface area contributed by atoms with Crippen molar-refractivity contribution in [2.24, 2.45) is 16.1 Å². The number of amides is 1. The molecule has 3 aromatic heterocycles. The molecule has 0 unspecified atom stereocenters. The van der Waals surface area contributed by atoms with E-state index in [0.717, 1.165) is 52.4 Å². The summed E-state index contributed by atoms with van der Waals surface area (Å²) in [4.78, 5) is 53.9. The number of aliphatic imine (C=N–C) groups is 1. The lowest BCUT2D eigenvalue weighted by atomic mass is 9.89. The van der Waals surface area contributed by atoms with Crippen LogP contribution >= 0.6 is 23.1 Å². The molecule has 0 spiro atoms. The Balaban J connectivity index is 1.09. The smallest absolute Gasteiger partial charge is 0.352 e. The number of thiazole rings is 1. The summed E-state index contributed by atoms with van der Waals surface area (Å²) < 4.78 is 4.17. The lowest BCUT2D eigenvalue weighted by molar-refractivity contribution is -0.663. The number of anilines is 1. The van der Waals surface area contributed by atoms with Crippen LogP contribution in [0.4, 0.5) is 5.13 Å². The number of carbonyl (C=O) groups is 3. The highest BCUT2D eigenvalue weighted by molar-refractivity contribution is 8.00. The lowest BCUT2D eigenvalue weighted by Crippen LogP contribution is -2.62. The predicted molar refractivity (Wildman–Crippen MR) is 178 cm³/mol. The number of β-lactam (4-membered cyclic amide) rings is 1. The second kappa shape index (κ2) is 12.6. The molecule has 3 aliphatic rings. The number of aromatic nitrogens is 3. The number of amidine groups is 1. The van der Waals surface area contributed by atoms with Crippen LogP contribution in [0.15, 0.2) is 81.7 Å². The zero-order valence-electron chi connectivity index (χ0n) is 25.3. The van der Waals surface area contributed by atoms with Crippen molar-refractivity contribution in [3.05, 3.63) is 88.3 Å². The van der Waals surface area contributed by atoms with Crippen LogP contribution in [-0.4, -0.2) is 80.1 Å². The number of aliphatic carboxylic acids is 1. The molecule has 2 atom stereocenters. The molecule has 4 N–H and O–H groups in total. The Morgan fingerprint density at radius 2 is 2.06 bits per heavy atom. The molecular weight excluding hydrogens is 641 g/mol. The van der Waals surface area contributed by atoms with Gasteiger partial charge in [-0.3, -0.25) is 19.5 Å². The number of carboxylic acid groups (broad SMARTS) is 1. The Kier molecular flexibility index (Phi) is 8.24. The van der Waals surface area contributed by atoms with Gasteiger partial charge in [-0.1, -0.05) is 29.4 Å². The number of hydrogen-bond acceptors (Lipinski definition) is 11. The lowest BCUT2D eigenvalue weighted by Gasteiger charge is -2.49. The van der Waals surface area contributed by atoms with Crippen molar-refractivity contribution in [2.45, 2.75) is 24.9 Å². The molecule has 1 fully saturated rings. The summed E-state index contributed by atoms with van der Waals surface area (Å²) in [6, 6.07) is 14.4. The SMILES string of the molecule is CO/N=C(\C(=O)C[C@@H]1C(=O)N2C(C(=O)O)=C(C[n+]3cccc4c3ccn4Cc3ccc(C4=NCCN4)cc3)CS[C@H]12)c1csc(N)n1. The maximum absolute atomic E-state index is 13.4. The minimum atomic E-state index is -1.17. The molecule has 1 saturated heterocycles. The third-order valence-electron chi connectivity index (χ3n) is 8.41. The van der Waals surface area contributed by atoms with Gasteiger partial charge in [0.1, 0.15) is 29.9 Å². The Labute approximate surface area is 277 Å². The summed E-state index contributed by atoms with van der Waals surface area (Å²) in [6.07, 6.45) is 3.80. The number of nitrogens with two attached hydrogens (primary N) is 1. The van der Waals surface area contributed by atoms with E-state index in [0.29, 0.717) is 24.4 Å². The van der Waals surface area contributed by atoms with Crippen LogP contribution in [-0.2, 0) is 32.3 Å². The number of nitrogen functional groups attached to an aromatic ring is 1. The predicted octanol–water partition coefficient (Wildman–Crippen LogP) is 2.25. The number of fused-ring (bicyclic) bond motifs is 2. The number of carbonyl (C=O) groups excluding carboxylic acids is 2. The minimum Gasteiger partial charge on any atom is -0.477 e. The third kappa shape index (κ3) is 5.76. The number of carboxylic acids is 1. The number of thioether (sulfide) groups is 1. The number of nitrogens with zero attached hydrogens (tertiary/aromatic N) is 6. The number of benzene rings is 1. The van der Waals surface area contributed by atoms with E-state index in [9.17, 15) is 19.5 Å². The van der Waals surface area contributed by atoms with Crippen molar-refractivity contribution in [1.82, 2.24) is 19.8 Å². The van der Waals surface area contributed by atoms with Crippen molar-refractivity contribution < 1.29 is 28.9 Å². The van der Waals surface area contributed by atoms with Gasteiger partial charge < -0.3 is 25.6 Å². The number of oxime groups is 1. The third-order valence-corrected chi connectivity index (χ3v) is 10.5. The van der Waals surface area contributed by atoms with E-state index < -0.39 is 29.0 Å². The first-order valence-electron chi connectivity index (χ1n) is 14.9. The van der Waals surface area contributed by atoms with Crippen LogP contribution < -0.4 is 15.6 Å². The van der Waals surface area contributed by atoms with E-state index in [-0.39, 0.29) is 28.7 Å². The molecule has 0 radical (unpaired) electrons. The maximum Gasteiger partial charge on any atom is 0.352 e. The van der Waals surface area contributed by atoms with Gasteiger partial charge in [0.05, 0.1) is 17.8 Å². The second-order valence-electron chi connectivity index (χ2n) is 11.3. The van der Waals surface area contributed by atoms with Crippen molar-refractivity contribution in [3.63, 3.8) is 0 Å². The van der Waals surface area contributed by atoms with Gasteiger partial charge in [0, 0.05) is 60.1 Å². The van der Waals surface area contributed by atoms with Crippen LogP contribution in [0, 0.1) is 5.92 Å². The van der Waals surface area contributed by atoms with Crippen molar-refractivity contribution in [1.29, 1.82) is 0 Å². The van der Waals surface area contributed by atoms with Gasteiger partial charge in [-0.05, 0) is 11.6 Å². The molecule has 0 bridgehead atoms. The fourth-order valence-electron chi connectivity index (χ4n) is 6.22. The Bertz CT molecular complexity index is 2000. The van der Waals surface area contributed by atoms with Gasteiger partial charge in [0.15, 0.2) is 29.4 Å². The highest BCUT2D eigenvalue weighted by Gasteiger charge is 2.54. The molecule has 3 aliphatic heterocycles. The Morgan fingerprint density at radius 1 is 1.23 bits per heavy atom. The molecule has 7 rings (SSSR count). The second-order valence-corrected chi connectivity index (χ2v) is 13.3. The fourth-order valence-corrected chi connectivity index (χ4v) is 8.17. The van der Waals surface area contributed by atoms with Crippen LogP contribution in [0.5, 0.6) is 0 Å². The Hall–Kier alpha value is -5.02. The summed E-state index contributed by atoms with van der Waals surface area (Å²) in [6.45, 7) is 2.63. The first-order valence-corrected chi connectivity index (χ1v) is 16.9. The fraction of sp³-hybridized carbons (Fsp3) is 0.281. The number of ketones is 1. The number of pyridine rings is 1. The highest BCUT2D eigenvalue weighted by atomic mass is 32.2. The van der Waals surface area contributed by atoms with Gasteiger partial charge in [-0.25, -0.2) is 9.78 Å². The molecule has 6 heterocycles. The zero-order chi connectivity index (χ0) is 32.7. The molecule has 240 valence electrons. The zero-order valence-corrected chi connectivity index (χ0v) is 27.0. The van der Waals surface area contributed by atoms with E-state index in [1.165, 1.54) is 23.8 Å². The molecule has 4 aromatic rings. The number of rotatable bonds is 11. The number of hydrogen-bond donors (Lipinski definition) is 3. The molecule has 13 nitrogen and oxygen atoms in total. The minimum absolute atomic E-state index is 0.0213. The normalized spacial score (nSPS) is 19.3. The number of Topliss-reactive ketones (excluding diaryl/α,β-unsaturated/α-hetero) is 1. The van der Waals surface area contributed by atoms with Crippen molar-refractivity contribution >= 4 is 68.5 Å². The molecular formula is C32H31N8O5S2+. The topological polar surface area (TPSA) is 168 Å². The largest absolute Gasteiger partial charge is 0.477 e. The van der Waals surface area contributed by atoms with E-state index in [1.807, 2.05) is 35.2 Å². The van der Waals surface area contributed by atoms with Gasteiger partial charge in [0.2, 0.25) is 11.4 Å². The first-order chi connectivity index (χ1) is 22.8. The average molecular weight is 672 g/mol. The first kappa shape index (κ1) is 30.6. The van der Waals surface area contributed by atoms with Crippen LogP contribution in [0.1, 0.15) is 23.2 Å². The monoisotopic (exact) mass is 671 g/mol.